The van der Waals surface area contributed by atoms with E-state index in [2.05, 4.69) is 4.99 Å². The third-order valence-electron chi connectivity index (χ3n) is 3.85. The molecule has 0 unspecified atom stereocenters. The van der Waals surface area contributed by atoms with Crippen molar-refractivity contribution in [1.29, 1.82) is 0 Å². The van der Waals surface area contributed by atoms with Crippen molar-refractivity contribution in [2.75, 3.05) is 20.3 Å². The molecule has 4 rings (SSSR count). The van der Waals surface area contributed by atoms with Crippen molar-refractivity contribution in [3.63, 3.8) is 0 Å². The number of fused-ring (bicyclic) bond motifs is 1. The Kier molecular flexibility index (Phi) is 4.26. The second-order valence-electron chi connectivity index (χ2n) is 5.59. The molecule has 0 atom stereocenters. The molecule has 0 bridgehead atoms. The summed E-state index contributed by atoms with van der Waals surface area (Å²) < 4.78 is 21.8. The van der Waals surface area contributed by atoms with Crippen LogP contribution >= 0.6 is 11.6 Å². The molecule has 0 amide bonds. The Morgan fingerprint density at radius 2 is 2.04 bits per heavy atom. The van der Waals surface area contributed by atoms with Crippen LogP contribution in [0.2, 0.25) is 5.02 Å². The average Bonchev–Trinajstić information content (AvgIpc) is 3.01. The number of hydrogen-bond acceptors (Lipinski definition) is 6. The molecule has 0 spiro atoms. The van der Waals surface area contributed by atoms with Gasteiger partial charge in [-0.2, -0.15) is 0 Å². The lowest BCUT2D eigenvalue weighted by molar-refractivity contribution is -0.129. The van der Waals surface area contributed by atoms with E-state index < -0.39 is 5.97 Å². The van der Waals surface area contributed by atoms with Gasteiger partial charge in [0.15, 0.2) is 17.2 Å². The van der Waals surface area contributed by atoms with E-state index in [4.69, 9.17) is 30.5 Å². The highest BCUT2D eigenvalue weighted by Crippen LogP contribution is 2.41. The van der Waals surface area contributed by atoms with Crippen LogP contribution in [0.15, 0.2) is 47.1 Å². The van der Waals surface area contributed by atoms with Crippen LogP contribution in [0.1, 0.15) is 11.1 Å². The van der Waals surface area contributed by atoms with Gasteiger partial charge in [-0.1, -0.05) is 17.7 Å². The first-order chi connectivity index (χ1) is 12.6. The Morgan fingerprint density at radius 1 is 1.19 bits per heavy atom. The maximum atomic E-state index is 12.2. The van der Waals surface area contributed by atoms with Crippen molar-refractivity contribution in [2.24, 2.45) is 4.99 Å². The highest BCUT2D eigenvalue weighted by molar-refractivity contribution is 6.31. The number of carbonyl (C=O) groups is 1. The van der Waals surface area contributed by atoms with E-state index in [0.717, 1.165) is 0 Å². The van der Waals surface area contributed by atoms with E-state index in [1.807, 2.05) is 0 Å². The minimum absolute atomic E-state index is 0.179. The molecular formula is C19H14ClNO5. The van der Waals surface area contributed by atoms with Crippen LogP contribution in [0.5, 0.6) is 17.2 Å². The van der Waals surface area contributed by atoms with Crippen molar-refractivity contribution in [3.05, 3.63) is 58.2 Å². The van der Waals surface area contributed by atoms with E-state index in [1.165, 1.54) is 0 Å². The largest absolute Gasteiger partial charge is 0.493 e. The van der Waals surface area contributed by atoms with Gasteiger partial charge < -0.3 is 18.9 Å². The molecule has 0 aliphatic carbocycles. The van der Waals surface area contributed by atoms with E-state index in [0.29, 0.717) is 46.6 Å². The third-order valence-corrected chi connectivity index (χ3v) is 4.08. The summed E-state index contributed by atoms with van der Waals surface area (Å²) in [6, 6.07) is 10.5. The fourth-order valence-electron chi connectivity index (χ4n) is 2.69. The van der Waals surface area contributed by atoms with Crippen LogP contribution < -0.4 is 14.2 Å². The van der Waals surface area contributed by atoms with Gasteiger partial charge in [0, 0.05) is 10.6 Å². The number of aliphatic imine (C=N–C) groups is 1. The lowest BCUT2D eigenvalue weighted by atomic mass is 10.1. The summed E-state index contributed by atoms with van der Waals surface area (Å²) in [4.78, 5) is 16.4. The summed E-state index contributed by atoms with van der Waals surface area (Å²) in [5, 5.41) is 0.537. The van der Waals surface area contributed by atoms with Crippen molar-refractivity contribution < 1.29 is 23.7 Å². The zero-order chi connectivity index (χ0) is 18.1. The second kappa shape index (κ2) is 6.72. The van der Waals surface area contributed by atoms with Gasteiger partial charge in [-0.15, -0.1) is 0 Å². The van der Waals surface area contributed by atoms with Crippen molar-refractivity contribution in [1.82, 2.24) is 0 Å². The van der Waals surface area contributed by atoms with Gasteiger partial charge in [-0.3, -0.25) is 0 Å². The predicted octanol–water partition coefficient (Wildman–Crippen LogP) is 3.46. The quantitative estimate of drug-likeness (QED) is 0.610. The topological polar surface area (TPSA) is 66.4 Å². The smallest absolute Gasteiger partial charge is 0.363 e. The second-order valence-corrected chi connectivity index (χ2v) is 6.03. The Labute approximate surface area is 154 Å². The van der Waals surface area contributed by atoms with E-state index in [-0.39, 0.29) is 11.6 Å². The normalized spacial score (nSPS) is 17.1. The Balaban J connectivity index is 1.71. The number of ether oxygens (including phenoxy) is 4. The van der Waals surface area contributed by atoms with Gasteiger partial charge in [0.1, 0.15) is 13.2 Å². The number of carbonyl (C=O) groups excluding carboxylic acids is 1. The van der Waals surface area contributed by atoms with Crippen LogP contribution in [-0.4, -0.2) is 32.2 Å². The molecular weight excluding hydrogens is 358 g/mol. The molecule has 2 aromatic carbocycles. The van der Waals surface area contributed by atoms with Crippen molar-refractivity contribution in [2.45, 2.75) is 0 Å². The fraction of sp³-hybridized carbons (Fsp3) is 0.158. The predicted molar refractivity (Wildman–Crippen MR) is 96.0 cm³/mol. The average molecular weight is 372 g/mol. The molecule has 2 aliphatic heterocycles. The molecule has 0 N–H and O–H groups in total. The van der Waals surface area contributed by atoms with Crippen LogP contribution in [0, 0.1) is 0 Å². The summed E-state index contributed by atoms with van der Waals surface area (Å²) in [6.45, 7) is 0.915. The van der Waals surface area contributed by atoms with Crippen molar-refractivity contribution >= 4 is 29.5 Å². The van der Waals surface area contributed by atoms with Crippen LogP contribution in [-0.2, 0) is 9.53 Å². The van der Waals surface area contributed by atoms with E-state index in [9.17, 15) is 4.79 Å². The minimum atomic E-state index is -0.533. The van der Waals surface area contributed by atoms with Gasteiger partial charge in [0.05, 0.1) is 7.11 Å². The number of hydrogen-bond donors (Lipinski definition) is 0. The maximum Gasteiger partial charge on any atom is 0.363 e. The lowest BCUT2D eigenvalue weighted by Crippen LogP contribution is -2.16. The van der Waals surface area contributed by atoms with Gasteiger partial charge >= 0.3 is 5.97 Å². The number of esters is 1. The summed E-state index contributed by atoms with van der Waals surface area (Å²) in [7, 11) is 1.55. The van der Waals surface area contributed by atoms with Gasteiger partial charge in [0.25, 0.3) is 0 Å². The van der Waals surface area contributed by atoms with Crippen LogP contribution in [0.4, 0.5) is 0 Å². The monoisotopic (exact) mass is 371 g/mol. The Morgan fingerprint density at radius 3 is 2.85 bits per heavy atom. The van der Waals surface area contributed by atoms with E-state index >= 15 is 0 Å². The number of cyclic esters (lactones) is 1. The number of nitrogens with zero attached hydrogens (tertiary/aromatic N) is 1. The van der Waals surface area contributed by atoms with E-state index in [1.54, 1.807) is 49.6 Å². The summed E-state index contributed by atoms with van der Waals surface area (Å²) in [5.74, 6) is 1.33. The first-order valence-electron chi connectivity index (χ1n) is 7.90. The van der Waals surface area contributed by atoms with Crippen LogP contribution in [0.3, 0.4) is 0 Å². The number of benzene rings is 2. The summed E-state index contributed by atoms with van der Waals surface area (Å²) >= 11 is 5.98. The molecule has 2 heterocycles. The fourth-order valence-corrected chi connectivity index (χ4v) is 2.88. The number of halogens is 1. The molecule has 2 aromatic rings. The van der Waals surface area contributed by atoms with Crippen LogP contribution in [0.25, 0.3) is 6.08 Å². The molecule has 7 heteroatoms. The molecule has 0 saturated heterocycles. The molecule has 0 saturated carbocycles. The van der Waals surface area contributed by atoms with Crippen molar-refractivity contribution in [3.8, 4) is 17.2 Å². The molecule has 132 valence electrons. The van der Waals surface area contributed by atoms with Gasteiger partial charge in [-0.25, -0.2) is 9.79 Å². The number of methoxy groups -OCH3 is 1. The molecule has 0 aromatic heterocycles. The molecule has 0 radical (unpaired) electrons. The molecule has 6 nitrogen and oxygen atoms in total. The highest BCUT2D eigenvalue weighted by Gasteiger charge is 2.25. The summed E-state index contributed by atoms with van der Waals surface area (Å²) in [5.41, 5.74) is 1.50. The number of rotatable bonds is 3. The Bertz CT molecular complexity index is 934. The summed E-state index contributed by atoms with van der Waals surface area (Å²) in [6.07, 6.45) is 1.61. The lowest BCUT2D eigenvalue weighted by Gasteiger charge is -2.20. The standard InChI is InChI=1S/C19H14ClNO5/c1-23-15-8-11(9-16-17(15)25-6-5-24-16)7-14-19(22)26-18(21-14)12-3-2-4-13(20)10-12/h2-4,7-10H,5-6H2,1H3/b14-7-. The maximum absolute atomic E-state index is 12.2. The zero-order valence-corrected chi connectivity index (χ0v) is 14.6. The molecule has 26 heavy (non-hydrogen) atoms. The SMILES string of the molecule is COc1cc(/C=C2\N=C(c3cccc(Cl)c3)OC2=O)cc2c1OCCO2. The highest BCUT2D eigenvalue weighted by atomic mass is 35.5. The minimum Gasteiger partial charge on any atom is -0.493 e. The molecule has 0 fully saturated rings. The first kappa shape index (κ1) is 16.5. The van der Waals surface area contributed by atoms with Gasteiger partial charge in [0.2, 0.25) is 11.6 Å². The third kappa shape index (κ3) is 3.11. The van der Waals surface area contributed by atoms with Gasteiger partial charge in [-0.05, 0) is 42.0 Å². The first-order valence-corrected chi connectivity index (χ1v) is 8.28. The zero-order valence-electron chi connectivity index (χ0n) is 13.8. The molecule has 2 aliphatic rings. The Hall–Kier alpha value is -2.99.